The fraction of sp³-hybridized carbons (Fsp3) is 0.205. The second-order valence-corrected chi connectivity index (χ2v) is 12.1. The van der Waals surface area contributed by atoms with E-state index in [-0.39, 0.29) is 17.1 Å². The maximum Gasteiger partial charge on any atom is 0.365 e. The second kappa shape index (κ2) is 17.3. The fourth-order valence-corrected chi connectivity index (χ4v) is 5.64. The van der Waals surface area contributed by atoms with Gasteiger partial charge in [-0.1, -0.05) is 85.6 Å². The fourth-order valence-electron chi connectivity index (χ4n) is 4.83. The predicted octanol–water partition coefficient (Wildman–Crippen LogP) is 9.12. The Labute approximate surface area is 280 Å². The van der Waals surface area contributed by atoms with Crippen LogP contribution in [0, 0.1) is 22.7 Å². The van der Waals surface area contributed by atoms with E-state index >= 15 is 0 Å². The summed E-state index contributed by atoms with van der Waals surface area (Å²) >= 11 is 1.53. The van der Waals surface area contributed by atoms with Gasteiger partial charge in [0.2, 0.25) is 5.78 Å². The first-order chi connectivity index (χ1) is 22.8. The van der Waals surface area contributed by atoms with Crippen molar-refractivity contribution in [2.75, 3.05) is 19.0 Å². The van der Waals surface area contributed by atoms with Gasteiger partial charge in [-0.3, -0.25) is 4.79 Å². The van der Waals surface area contributed by atoms with Crippen LogP contribution < -0.4 is 4.90 Å². The van der Waals surface area contributed by atoms with E-state index in [1.54, 1.807) is 36.4 Å². The molecule has 0 saturated heterocycles. The average molecular weight is 641 g/mol. The summed E-state index contributed by atoms with van der Waals surface area (Å²) in [5.74, 6) is -0.879. The van der Waals surface area contributed by atoms with Crippen LogP contribution in [0.1, 0.15) is 70.9 Å². The van der Waals surface area contributed by atoms with Gasteiger partial charge in [-0.05, 0) is 84.6 Å². The Morgan fingerprint density at radius 1 is 0.723 bits per heavy atom. The van der Waals surface area contributed by atoms with Crippen molar-refractivity contribution in [1.82, 2.24) is 0 Å². The van der Waals surface area contributed by atoms with Crippen LogP contribution in [0.25, 0.3) is 5.57 Å². The molecule has 0 atom stereocenters. The lowest BCUT2D eigenvalue weighted by molar-refractivity contribution is 0.0514. The lowest BCUT2D eigenvalue weighted by atomic mass is 9.93. The van der Waals surface area contributed by atoms with Gasteiger partial charge < -0.3 is 9.74 Å². The Bertz CT molecular complexity index is 1800. The van der Waals surface area contributed by atoms with Crippen LogP contribution in [-0.2, 0) is 4.84 Å². The van der Waals surface area contributed by atoms with Gasteiger partial charge >= 0.3 is 5.97 Å². The first-order valence-electron chi connectivity index (χ1n) is 15.4. The summed E-state index contributed by atoms with van der Waals surface area (Å²) in [7, 11) is 3.91. The molecule has 0 amide bonds. The number of unbranched alkanes of at least 4 members (excludes halogenated alkanes) is 3. The molecule has 7 nitrogen and oxygen atoms in total. The van der Waals surface area contributed by atoms with E-state index in [1.807, 2.05) is 97.9 Å². The van der Waals surface area contributed by atoms with Gasteiger partial charge in [0.1, 0.15) is 23.4 Å². The highest BCUT2D eigenvalue weighted by Crippen LogP contribution is 2.32. The third kappa shape index (κ3) is 9.53. The molecular formula is C39H36N4O3S. The summed E-state index contributed by atoms with van der Waals surface area (Å²) in [6, 6.07) is 35.4. The minimum absolute atomic E-state index is 0.0476. The van der Waals surface area contributed by atoms with Crippen LogP contribution in [0.2, 0.25) is 0 Å². The molecule has 0 bridgehead atoms. The highest BCUT2D eigenvalue weighted by Gasteiger charge is 2.17. The molecule has 0 heterocycles. The Morgan fingerprint density at radius 3 is 1.81 bits per heavy atom. The zero-order valence-corrected chi connectivity index (χ0v) is 27.6. The molecule has 0 aliphatic heterocycles. The Morgan fingerprint density at radius 2 is 1.28 bits per heavy atom. The number of allylic oxidation sites excluding steroid dienone is 1. The van der Waals surface area contributed by atoms with Crippen LogP contribution in [0.15, 0.2) is 124 Å². The highest BCUT2D eigenvalue weighted by molar-refractivity contribution is 7.99. The minimum Gasteiger partial charge on any atom is -0.378 e. The normalized spacial score (nSPS) is 10.8. The summed E-state index contributed by atoms with van der Waals surface area (Å²) in [6.45, 7) is 2.12. The molecule has 0 saturated carbocycles. The lowest BCUT2D eigenvalue weighted by Gasteiger charge is -2.14. The van der Waals surface area contributed by atoms with Crippen molar-refractivity contribution in [2.45, 2.75) is 48.8 Å². The molecule has 47 heavy (non-hydrogen) atoms. The molecule has 4 rings (SSSR count). The molecule has 0 aliphatic rings. The Kier molecular flexibility index (Phi) is 12.7. The van der Waals surface area contributed by atoms with Gasteiger partial charge in [0.15, 0.2) is 0 Å². The number of hydrogen-bond donors (Lipinski definition) is 0. The largest absolute Gasteiger partial charge is 0.378 e. The van der Waals surface area contributed by atoms with Crippen LogP contribution >= 0.6 is 11.8 Å². The van der Waals surface area contributed by atoms with Crippen LogP contribution in [0.5, 0.6) is 0 Å². The van der Waals surface area contributed by atoms with E-state index in [1.165, 1.54) is 11.8 Å². The zero-order chi connectivity index (χ0) is 33.6. The van der Waals surface area contributed by atoms with Gasteiger partial charge in [0.25, 0.3) is 0 Å². The molecular weight excluding hydrogens is 605 g/mol. The number of benzene rings is 4. The number of ketones is 1. The number of anilines is 1. The van der Waals surface area contributed by atoms with Crippen molar-refractivity contribution in [3.63, 3.8) is 0 Å². The molecule has 0 radical (unpaired) electrons. The topological polar surface area (TPSA) is 107 Å². The molecule has 236 valence electrons. The molecule has 0 spiro atoms. The molecule has 4 aromatic carbocycles. The first kappa shape index (κ1) is 34.4. The van der Waals surface area contributed by atoms with Crippen molar-refractivity contribution in [2.24, 2.45) is 5.16 Å². The monoisotopic (exact) mass is 640 g/mol. The minimum atomic E-state index is -0.608. The number of rotatable bonds is 14. The van der Waals surface area contributed by atoms with Gasteiger partial charge in [-0.25, -0.2) is 4.79 Å². The standard InChI is InChI=1S/C39H36N4O3S/c1-4-5-6-10-13-36(42-46-39(45)31-11-8-7-9-12-31)38(44)30-18-24-35(25-19-30)47-34-22-16-29(17-23-34)37(32(26-40)27-41)28-14-20-33(21-15-28)43(2)3/h7-9,11-12,14-25H,4-6,10,13H2,1-3H3. The third-order valence-electron chi connectivity index (χ3n) is 7.42. The maximum absolute atomic E-state index is 13.4. The molecule has 8 heteroatoms. The maximum atomic E-state index is 13.4. The number of nitrogens with zero attached hydrogens (tertiary/aromatic N) is 4. The van der Waals surface area contributed by atoms with Crippen molar-refractivity contribution in [3.8, 4) is 12.1 Å². The van der Waals surface area contributed by atoms with Crippen LogP contribution in [0.3, 0.4) is 0 Å². The van der Waals surface area contributed by atoms with Gasteiger partial charge in [-0.2, -0.15) is 10.5 Å². The van der Waals surface area contributed by atoms with Gasteiger partial charge in [-0.15, -0.1) is 0 Å². The number of Topliss-reactive ketones (excluding diaryl/α,β-unsaturated/α-hetero) is 1. The number of carbonyl (C=O) groups excluding carboxylic acids is 2. The molecule has 0 fully saturated rings. The van der Waals surface area contributed by atoms with E-state index in [4.69, 9.17) is 4.84 Å². The first-order valence-corrected chi connectivity index (χ1v) is 16.2. The molecule has 0 N–H and O–H groups in total. The van der Waals surface area contributed by atoms with E-state index in [9.17, 15) is 20.1 Å². The Hall–Kier alpha value is -5.44. The molecule has 0 unspecified atom stereocenters. The van der Waals surface area contributed by atoms with Crippen molar-refractivity contribution in [1.29, 1.82) is 10.5 Å². The number of oxime groups is 1. The molecule has 4 aromatic rings. The van der Waals surface area contributed by atoms with Gasteiger partial charge in [0.05, 0.1) is 5.56 Å². The highest BCUT2D eigenvalue weighted by atomic mass is 32.2. The number of carbonyl (C=O) groups is 2. The lowest BCUT2D eigenvalue weighted by Crippen LogP contribution is -2.16. The summed E-state index contributed by atoms with van der Waals surface area (Å²) < 4.78 is 0. The second-order valence-electron chi connectivity index (χ2n) is 11.0. The summed E-state index contributed by atoms with van der Waals surface area (Å²) in [6.07, 6.45) is 4.26. The smallest absolute Gasteiger partial charge is 0.365 e. The molecule has 0 aromatic heterocycles. The SMILES string of the molecule is CCCCCCC(=NOC(=O)c1ccccc1)C(=O)c1ccc(Sc2ccc(C(=C(C#N)C#N)c3ccc(N(C)C)cc3)cc2)cc1. The summed E-state index contributed by atoms with van der Waals surface area (Å²) in [5.41, 5.74) is 4.26. The van der Waals surface area contributed by atoms with E-state index in [2.05, 4.69) is 12.1 Å². The van der Waals surface area contributed by atoms with E-state index < -0.39 is 5.97 Å². The van der Waals surface area contributed by atoms with E-state index in [0.29, 0.717) is 23.1 Å². The molecule has 0 aliphatic carbocycles. The van der Waals surface area contributed by atoms with Crippen LogP contribution in [-0.4, -0.2) is 31.6 Å². The van der Waals surface area contributed by atoms with Crippen LogP contribution in [0.4, 0.5) is 5.69 Å². The van der Waals surface area contributed by atoms with E-state index in [0.717, 1.165) is 52.3 Å². The predicted molar refractivity (Wildman–Crippen MR) is 187 cm³/mol. The number of nitriles is 2. The third-order valence-corrected chi connectivity index (χ3v) is 8.43. The van der Waals surface area contributed by atoms with Crippen molar-refractivity contribution >= 4 is 40.5 Å². The number of hydrogen-bond acceptors (Lipinski definition) is 8. The van der Waals surface area contributed by atoms with Gasteiger partial charge in [0, 0.05) is 40.7 Å². The summed E-state index contributed by atoms with van der Waals surface area (Å²) in [4.78, 5) is 34.9. The van der Waals surface area contributed by atoms with Crippen molar-refractivity contribution < 1.29 is 14.4 Å². The quantitative estimate of drug-likeness (QED) is 0.0338. The average Bonchev–Trinajstić information content (AvgIpc) is 3.11. The summed E-state index contributed by atoms with van der Waals surface area (Å²) in [5, 5.41) is 23.4. The zero-order valence-electron chi connectivity index (χ0n) is 26.8. The Balaban J connectivity index is 1.49. The van der Waals surface area contributed by atoms with Crippen molar-refractivity contribution in [3.05, 3.63) is 131 Å².